The van der Waals surface area contributed by atoms with E-state index in [0.717, 1.165) is 17.9 Å². The maximum Gasteiger partial charge on any atom is 0.126 e. The Bertz CT molecular complexity index is 425. The molecule has 0 spiro atoms. The van der Waals surface area contributed by atoms with Crippen LogP contribution < -0.4 is 11.1 Å². The molecule has 0 aliphatic carbocycles. The summed E-state index contributed by atoms with van der Waals surface area (Å²) in [6.45, 7) is 1.27. The van der Waals surface area contributed by atoms with Crippen LogP contribution in [0.3, 0.4) is 0 Å². The van der Waals surface area contributed by atoms with Crippen LogP contribution in [-0.4, -0.2) is 9.97 Å². The van der Waals surface area contributed by atoms with Crippen molar-refractivity contribution in [2.75, 3.05) is 5.32 Å². The second-order valence-corrected chi connectivity index (χ2v) is 3.46. The summed E-state index contributed by atoms with van der Waals surface area (Å²) < 4.78 is 0. The number of pyridine rings is 2. The lowest BCUT2D eigenvalue weighted by atomic mass is 10.2. The van der Waals surface area contributed by atoms with Crippen molar-refractivity contribution in [1.82, 2.24) is 9.97 Å². The van der Waals surface area contributed by atoms with E-state index < -0.39 is 0 Å². The van der Waals surface area contributed by atoms with E-state index in [2.05, 4.69) is 15.3 Å². The molecule has 2 rings (SSSR count). The third kappa shape index (κ3) is 2.77. The number of anilines is 1. The molecular formula is C12H14N4. The van der Waals surface area contributed by atoms with Crippen molar-refractivity contribution in [2.24, 2.45) is 5.73 Å². The van der Waals surface area contributed by atoms with Gasteiger partial charge in [-0.15, -0.1) is 0 Å². The number of hydrogen-bond acceptors (Lipinski definition) is 4. The first-order chi connectivity index (χ1) is 7.88. The highest BCUT2D eigenvalue weighted by atomic mass is 15.0. The minimum Gasteiger partial charge on any atom is -0.366 e. The standard InChI is InChI=1S/C12H14N4/c13-7-11-1-2-12(16-9-11)15-8-10-3-5-14-6-4-10/h1-6,9H,7-8,13H2,(H,15,16). The molecule has 0 saturated heterocycles. The van der Waals surface area contributed by atoms with E-state index in [-0.39, 0.29) is 0 Å². The minimum absolute atomic E-state index is 0.525. The van der Waals surface area contributed by atoms with Crippen LogP contribution in [-0.2, 0) is 13.1 Å². The highest BCUT2D eigenvalue weighted by Crippen LogP contribution is 2.06. The Morgan fingerprint density at radius 1 is 1.06 bits per heavy atom. The van der Waals surface area contributed by atoms with E-state index in [1.54, 1.807) is 18.6 Å². The molecule has 16 heavy (non-hydrogen) atoms. The van der Waals surface area contributed by atoms with E-state index in [9.17, 15) is 0 Å². The lowest BCUT2D eigenvalue weighted by Crippen LogP contribution is -2.02. The Hall–Kier alpha value is -1.94. The molecule has 4 heteroatoms. The SMILES string of the molecule is NCc1ccc(NCc2ccncc2)nc1. The van der Waals surface area contributed by atoms with Crippen molar-refractivity contribution in [1.29, 1.82) is 0 Å². The largest absolute Gasteiger partial charge is 0.366 e. The Morgan fingerprint density at radius 3 is 2.50 bits per heavy atom. The fraction of sp³-hybridized carbons (Fsp3) is 0.167. The number of nitrogens with zero attached hydrogens (tertiary/aromatic N) is 2. The van der Waals surface area contributed by atoms with Crippen LogP contribution in [0.25, 0.3) is 0 Å². The molecule has 0 saturated carbocycles. The number of nitrogens with one attached hydrogen (secondary N) is 1. The van der Waals surface area contributed by atoms with Crippen LogP contribution in [0.4, 0.5) is 5.82 Å². The van der Waals surface area contributed by atoms with Gasteiger partial charge < -0.3 is 11.1 Å². The first-order valence-electron chi connectivity index (χ1n) is 5.16. The normalized spacial score (nSPS) is 10.1. The summed E-state index contributed by atoms with van der Waals surface area (Å²) in [6, 6.07) is 7.85. The zero-order valence-electron chi connectivity index (χ0n) is 8.93. The number of aromatic nitrogens is 2. The predicted octanol–water partition coefficient (Wildman–Crippen LogP) is 1.55. The molecule has 0 atom stereocenters. The fourth-order valence-electron chi connectivity index (χ4n) is 1.34. The Balaban J connectivity index is 1.94. The average molecular weight is 214 g/mol. The number of rotatable bonds is 4. The molecule has 2 heterocycles. The highest BCUT2D eigenvalue weighted by Gasteiger charge is 1.95. The van der Waals surface area contributed by atoms with Crippen LogP contribution in [0, 0.1) is 0 Å². The zero-order chi connectivity index (χ0) is 11.2. The van der Waals surface area contributed by atoms with Gasteiger partial charge in [0.25, 0.3) is 0 Å². The minimum atomic E-state index is 0.525. The van der Waals surface area contributed by atoms with Gasteiger partial charge in [0.05, 0.1) is 0 Å². The van der Waals surface area contributed by atoms with Gasteiger partial charge in [-0.3, -0.25) is 4.98 Å². The summed E-state index contributed by atoms with van der Waals surface area (Å²) in [4.78, 5) is 8.22. The lowest BCUT2D eigenvalue weighted by molar-refractivity contribution is 1.03. The smallest absolute Gasteiger partial charge is 0.126 e. The molecule has 0 aliphatic heterocycles. The molecule has 0 aliphatic rings. The summed E-state index contributed by atoms with van der Waals surface area (Å²) in [5, 5.41) is 3.23. The Kier molecular flexibility index (Phi) is 3.46. The summed E-state index contributed by atoms with van der Waals surface area (Å²) in [6.07, 6.45) is 5.35. The van der Waals surface area contributed by atoms with Gasteiger partial charge >= 0.3 is 0 Å². The summed E-state index contributed by atoms with van der Waals surface area (Å²) in [7, 11) is 0. The predicted molar refractivity (Wildman–Crippen MR) is 63.7 cm³/mol. The van der Waals surface area contributed by atoms with Gasteiger partial charge in [-0.1, -0.05) is 6.07 Å². The average Bonchev–Trinajstić information content (AvgIpc) is 2.38. The molecule has 2 aromatic rings. The second-order valence-electron chi connectivity index (χ2n) is 3.46. The topological polar surface area (TPSA) is 63.8 Å². The van der Waals surface area contributed by atoms with Crippen molar-refractivity contribution in [3.05, 3.63) is 54.0 Å². The molecule has 0 aromatic carbocycles. The van der Waals surface area contributed by atoms with Crippen LogP contribution in [0.2, 0.25) is 0 Å². The quantitative estimate of drug-likeness (QED) is 0.810. The highest BCUT2D eigenvalue weighted by molar-refractivity contribution is 5.36. The van der Waals surface area contributed by atoms with Crippen molar-refractivity contribution in [3.8, 4) is 0 Å². The van der Waals surface area contributed by atoms with E-state index in [1.165, 1.54) is 5.56 Å². The first-order valence-corrected chi connectivity index (χ1v) is 5.16. The third-order valence-corrected chi connectivity index (χ3v) is 2.28. The summed E-state index contributed by atoms with van der Waals surface area (Å²) in [5.74, 6) is 0.856. The van der Waals surface area contributed by atoms with Gasteiger partial charge in [0.2, 0.25) is 0 Å². The molecule has 3 N–H and O–H groups in total. The Labute approximate surface area is 94.5 Å². The summed E-state index contributed by atoms with van der Waals surface area (Å²) >= 11 is 0. The van der Waals surface area contributed by atoms with Gasteiger partial charge in [0.15, 0.2) is 0 Å². The van der Waals surface area contributed by atoms with Crippen LogP contribution in [0.5, 0.6) is 0 Å². The Morgan fingerprint density at radius 2 is 1.88 bits per heavy atom. The molecule has 2 aromatic heterocycles. The first kappa shape index (κ1) is 10.6. The molecule has 82 valence electrons. The van der Waals surface area contributed by atoms with Gasteiger partial charge in [0, 0.05) is 31.7 Å². The van der Waals surface area contributed by atoms with E-state index >= 15 is 0 Å². The van der Waals surface area contributed by atoms with Crippen molar-refractivity contribution < 1.29 is 0 Å². The monoisotopic (exact) mass is 214 g/mol. The fourth-order valence-corrected chi connectivity index (χ4v) is 1.34. The molecule has 0 amide bonds. The van der Waals surface area contributed by atoms with Gasteiger partial charge in [0.1, 0.15) is 5.82 Å². The maximum absolute atomic E-state index is 5.50. The van der Waals surface area contributed by atoms with Crippen molar-refractivity contribution in [2.45, 2.75) is 13.1 Å². The molecular weight excluding hydrogens is 200 g/mol. The van der Waals surface area contributed by atoms with Gasteiger partial charge in [-0.25, -0.2) is 4.98 Å². The van der Waals surface area contributed by atoms with E-state index in [0.29, 0.717) is 6.54 Å². The van der Waals surface area contributed by atoms with Crippen LogP contribution in [0.1, 0.15) is 11.1 Å². The number of hydrogen-bond donors (Lipinski definition) is 2. The van der Waals surface area contributed by atoms with Crippen LogP contribution >= 0.6 is 0 Å². The molecule has 4 nitrogen and oxygen atoms in total. The lowest BCUT2D eigenvalue weighted by Gasteiger charge is -2.05. The van der Waals surface area contributed by atoms with Gasteiger partial charge in [-0.2, -0.15) is 0 Å². The maximum atomic E-state index is 5.50. The number of nitrogens with two attached hydrogens (primary N) is 1. The van der Waals surface area contributed by atoms with Crippen LogP contribution in [0.15, 0.2) is 42.9 Å². The second kappa shape index (κ2) is 5.23. The molecule has 0 fully saturated rings. The van der Waals surface area contributed by atoms with Gasteiger partial charge in [-0.05, 0) is 29.3 Å². The van der Waals surface area contributed by atoms with Crippen molar-refractivity contribution in [3.63, 3.8) is 0 Å². The summed E-state index contributed by atoms with van der Waals surface area (Å²) in [5.41, 5.74) is 7.71. The third-order valence-electron chi connectivity index (χ3n) is 2.28. The molecule has 0 unspecified atom stereocenters. The zero-order valence-corrected chi connectivity index (χ0v) is 8.93. The van der Waals surface area contributed by atoms with E-state index in [1.807, 2.05) is 24.3 Å². The molecule has 0 bridgehead atoms. The van der Waals surface area contributed by atoms with E-state index in [4.69, 9.17) is 5.73 Å². The van der Waals surface area contributed by atoms with Crippen molar-refractivity contribution >= 4 is 5.82 Å². The molecule has 0 radical (unpaired) electrons.